The van der Waals surface area contributed by atoms with Gasteiger partial charge in [-0.05, 0) is 37.0 Å². The van der Waals surface area contributed by atoms with Gasteiger partial charge in [-0.25, -0.2) is 4.79 Å². The SMILES string of the molecule is CC(C)C[C@H](NC(=O)[C@H](CC(C)C)NC(=O)[C@@H](N)CCC(N)=O)C(=O)NCC(=O)N[C@H](C(=O)N[C@@H](CO)C(=O)O)C(C)C. The van der Waals surface area contributed by atoms with Crippen LogP contribution in [0.5, 0.6) is 0 Å². The van der Waals surface area contributed by atoms with Crippen LogP contribution in [0.3, 0.4) is 0 Å². The minimum atomic E-state index is -1.55. The summed E-state index contributed by atoms with van der Waals surface area (Å²) in [5.74, 6) is -6.13. The number of hydrogen-bond donors (Lipinski definition) is 9. The summed E-state index contributed by atoms with van der Waals surface area (Å²) in [6.07, 6.45) is 0.330. The van der Waals surface area contributed by atoms with Crippen LogP contribution >= 0.6 is 0 Å². The van der Waals surface area contributed by atoms with Crippen LogP contribution in [-0.4, -0.2) is 95.0 Å². The number of carboxylic acids is 1. The van der Waals surface area contributed by atoms with E-state index in [2.05, 4.69) is 26.6 Å². The zero-order chi connectivity index (χ0) is 33.4. The van der Waals surface area contributed by atoms with Gasteiger partial charge in [0.2, 0.25) is 35.4 Å². The van der Waals surface area contributed by atoms with Crippen LogP contribution in [-0.2, 0) is 33.6 Å². The molecular weight excluding hydrogens is 566 g/mol. The second-order valence-electron chi connectivity index (χ2n) is 11.6. The predicted octanol–water partition coefficient (Wildman–Crippen LogP) is -2.54. The van der Waals surface area contributed by atoms with Gasteiger partial charge in [0.25, 0.3) is 0 Å². The Morgan fingerprint density at radius 3 is 1.63 bits per heavy atom. The number of carboxylic acid groups (broad SMARTS) is 1. The molecule has 16 nitrogen and oxygen atoms in total. The van der Waals surface area contributed by atoms with E-state index >= 15 is 0 Å². The summed E-state index contributed by atoms with van der Waals surface area (Å²) >= 11 is 0. The van der Waals surface area contributed by atoms with Crippen LogP contribution < -0.4 is 38.1 Å². The standard InChI is InChI=1S/C27H49N7O9/c1-13(2)9-17(32-25(40)18(10-14(3)4)31-23(38)16(28)7-8-20(29)36)24(39)30-11-21(37)34-22(15(5)6)26(41)33-19(12-35)27(42)43/h13-19,22,35H,7-12,28H2,1-6H3,(H2,29,36)(H,30,39)(H,31,38)(H,32,40)(H,33,41)(H,34,37)(H,42,43)/t16-,17-,18-,19-,22-/m0/s1. The fourth-order valence-electron chi connectivity index (χ4n) is 3.88. The number of carbonyl (C=O) groups excluding carboxylic acids is 6. The summed E-state index contributed by atoms with van der Waals surface area (Å²) in [5.41, 5.74) is 10.9. The summed E-state index contributed by atoms with van der Waals surface area (Å²) in [6.45, 7) is 9.16. The van der Waals surface area contributed by atoms with Crippen molar-refractivity contribution in [3.05, 3.63) is 0 Å². The molecule has 0 aliphatic rings. The first-order valence-corrected chi connectivity index (χ1v) is 14.2. The summed E-state index contributed by atoms with van der Waals surface area (Å²) in [5, 5.41) is 30.4. The maximum Gasteiger partial charge on any atom is 0.328 e. The first kappa shape index (κ1) is 39.2. The minimum absolute atomic E-state index is 0.00146. The molecule has 0 bridgehead atoms. The van der Waals surface area contributed by atoms with Crippen LogP contribution in [0, 0.1) is 17.8 Å². The quantitative estimate of drug-likeness (QED) is 0.0692. The summed E-state index contributed by atoms with van der Waals surface area (Å²) in [4.78, 5) is 86.0. The first-order chi connectivity index (χ1) is 19.9. The molecule has 246 valence electrons. The molecule has 0 fully saturated rings. The lowest BCUT2D eigenvalue weighted by molar-refractivity contribution is -0.143. The second-order valence-corrected chi connectivity index (χ2v) is 11.6. The molecule has 0 saturated heterocycles. The van der Waals surface area contributed by atoms with Crippen LogP contribution in [0.1, 0.15) is 67.2 Å². The molecule has 0 rings (SSSR count). The molecule has 0 heterocycles. The van der Waals surface area contributed by atoms with E-state index in [-0.39, 0.29) is 37.5 Å². The van der Waals surface area contributed by atoms with Gasteiger partial charge in [-0.15, -0.1) is 0 Å². The fraction of sp³-hybridized carbons (Fsp3) is 0.741. The van der Waals surface area contributed by atoms with E-state index in [1.165, 1.54) is 0 Å². The summed E-state index contributed by atoms with van der Waals surface area (Å²) < 4.78 is 0. The van der Waals surface area contributed by atoms with Gasteiger partial charge in [0, 0.05) is 6.42 Å². The van der Waals surface area contributed by atoms with Crippen LogP contribution in [0.25, 0.3) is 0 Å². The van der Waals surface area contributed by atoms with Crippen molar-refractivity contribution in [2.24, 2.45) is 29.2 Å². The largest absolute Gasteiger partial charge is 0.480 e. The lowest BCUT2D eigenvalue weighted by atomic mass is 9.99. The number of rotatable bonds is 20. The number of nitrogens with one attached hydrogen (secondary N) is 5. The third kappa shape index (κ3) is 15.9. The average Bonchev–Trinajstić information content (AvgIpc) is 2.89. The van der Waals surface area contributed by atoms with Crippen molar-refractivity contribution in [1.29, 1.82) is 0 Å². The molecule has 0 radical (unpaired) electrons. The predicted molar refractivity (Wildman–Crippen MR) is 156 cm³/mol. The van der Waals surface area contributed by atoms with Crippen molar-refractivity contribution < 1.29 is 43.8 Å². The smallest absolute Gasteiger partial charge is 0.328 e. The minimum Gasteiger partial charge on any atom is -0.480 e. The van der Waals surface area contributed by atoms with Crippen LogP contribution in [0.2, 0.25) is 0 Å². The van der Waals surface area contributed by atoms with Gasteiger partial charge in [0.15, 0.2) is 0 Å². The highest BCUT2D eigenvalue weighted by Gasteiger charge is 2.31. The van der Waals surface area contributed by atoms with E-state index in [0.29, 0.717) is 0 Å². The number of aliphatic hydroxyl groups is 1. The van der Waals surface area contributed by atoms with Gasteiger partial charge in [0.1, 0.15) is 24.2 Å². The van der Waals surface area contributed by atoms with Crippen molar-refractivity contribution in [3.8, 4) is 0 Å². The molecule has 0 aliphatic heterocycles. The summed E-state index contributed by atoms with van der Waals surface area (Å²) in [6, 6.07) is -5.88. The van der Waals surface area contributed by atoms with E-state index in [1.807, 2.05) is 27.7 Å². The number of nitrogens with two attached hydrogens (primary N) is 2. The Bertz CT molecular complexity index is 988. The number of aliphatic carboxylic acids is 1. The fourth-order valence-corrected chi connectivity index (χ4v) is 3.88. The van der Waals surface area contributed by atoms with Crippen molar-refractivity contribution >= 4 is 41.4 Å². The molecule has 0 aromatic carbocycles. The topological polar surface area (TPSA) is 272 Å². The van der Waals surface area contributed by atoms with Crippen molar-refractivity contribution in [2.45, 2.75) is 97.4 Å². The highest BCUT2D eigenvalue weighted by atomic mass is 16.4. The summed E-state index contributed by atoms with van der Waals surface area (Å²) in [7, 11) is 0. The molecule has 11 N–H and O–H groups in total. The zero-order valence-corrected chi connectivity index (χ0v) is 25.8. The van der Waals surface area contributed by atoms with Crippen LogP contribution in [0.4, 0.5) is 0 Å². The molecule has 43 heavy (non-hydrogen) atoms. The molecule has 16 heteroatoms. The third-order valence-corrected chi connectivity index (χ3v) is 6.20. The van der Waals surface area contributed by atoms with Crippen molar-refractivity contribution in [2.75, 3.05) is 13.2 Å². The van der Waals surface area contributed by atoms with E-state index in [4.69, 9.17) is 21.7 Å². The first-order valence-electron chi connectivity index (χ1n) is 14.2. The molecule has 0 aliphatic carbocycles. The van der Waals surface area contributed by atoms with Gasteiger partial charge in [-0.1, -0.05) is 41.5 Å². The van der Waals surface area contributed by atoms with Gasteiger partial charge < -0.3 is 48.3 Å². The van der Waals surface area contributed by atoms with Crippen LogP contribution in [0.15, 0.2) is 0 Å². The molecule has 5 atom stereocenters. The van der Waals surface area contributed by atoms with Gasteiger partial charge in [-0.2, -0.15) is 0 Å². The molecule has 0 saturated carbocycles. The van der Waals surface area contributed by atoms with Gasteiger partial charge in [-0.3, -0.25) is 28.8 Å². The monoisotopic (exact) mass is 615 g/mol. The zero-order valence-electron chi connectivity index (χ0n) is 25.8. The third-order valence-electron chi connectivity index (χ3n) is 6.20. The Hall–Kier alpha value is -3.79. The molecule has 0 unspecified atom stereocenters. The second kappa shape index (κ2) is 19.4. The van der Waals surface area contributed by atoms with E-state index in [0.717, 1.165) is 0 Å². The Balaban J connectivity index is 5.45. The molecule has 6 amide bonds. The maximum atomic E-state index is 13.2. The van der Waals surface area contributed by atoms with Crippen molar-refractivity contribution in [1.82, 2.24) is 26.6 Å². The number of carbonyl (C=O) groups is 7. The maximum absolute atomic E-state index is 13.2. The molecule has 0 aromatic heterocycles. The number of aliphatic hydroxyl groups excluding tert-OH is 1. The molecule has 0 spiro atoms. The Morgan fingerprint density at radius 1 is 0.698 bits per heavy atom. The number of primary amides is 1. The van der Waals surface area contributed by atoms with E-state index < -0.39 is 90.7 Å². The Morgan fingerprint density at radius 2 is 1.19 bits per heavy atom. The lowest BCUT2D eigenvalue weighted by Crippen LogP contribution is -2.58. The number of amides is 6. The Labute approximate surface area is 251 Å². The van der Waals surface area contributed by atoms with Gasteiger partial charge in [0.05, 0.1) is 19.2 Å². The van der Waals surface area contributed by atoms with E-state index in [1.54, 1.807) is 13.8 Å². The highest BCUT2D eigenvalue weighted by Crippen LogP contribution is 2.10. The van der Waals surface area contributed by atoms with E-state index in [9.17, 15) is 33.6 Å². The van der Waals surface area contributed by atoms with Gasteiger partial charge >= 0.3 is 5.97 Å². The highest BCUT2D eigenvalue weighted by molar-refractivity contribution is 5.95. The van der Waals surface area contributed by atoms with Crippen molar-refractivity contribution in [3.63, 3.8) is 0 Å². The molecular formula is C27H49N7O9. The normalized spacial score (nSPS) is 14.7. The molecule has 0 aromatic rings. The lowest BCUT2D eigenvalue weighted by Gasteiger charge is -2.26. The average molecular weight is 616 g/mol. The number of hydrogen-bond acceptors (Lipinski definition) is 9. The Kier molecular flexibility index (Phi) is 17.7.